The molecule has 0 aliphatic carbocycles. The Balaban J connectivity index is 3.75. The number of halogens is 2. The monoisotopic (exact) mass is 182 g/mol. The summed E-state index contributed by atoms with van der Waals surface area (Å²) < 4.78 is -1.14. The maximum absolute atomic E-state index is 10.7. The number of hydrogen-bond acceptors (Lipinski definition) is 1. The lowest BCUT2D eigenvalue weighted by molar-refractivity contribution is -0.117. The third-order valence-electron chi connectivity index (χ3n) is 1.36. The molecule has 0 rings (SSSR count). The van der Waals surface area contributed by atoms with Crippen molar-refractivity contribution in [1.82, 2.24) is 0 Å². The van der Waals surface area contributed by atoms with Crippen molar-refractivity contribution >= 4 is 29.0 Å². The van der Waals surface area contributed by atoms with Gasteiger partial charge in [-0.25, -0.2) is 0 Å². The lowest BCUT2D eigenvalue weighted by Crippen LogP contribution is -2.22. The second-order valence-corrected chi connectivity index (χ2v) is 3.85. The zero-order chi connectivity index (χ0) is 8.20. The van der Waals surface area contributed by atoms with Crippen molar-refractivity contribution in [3.63, 3.8) is 0 Å². The van der Waals surface area contributed by atoms with Gasteiger partial charge in [0.25, 0.3) is 0 Å². The smallest absolute Gasteiger partial charge is 0.175 e. The van der Waals surface area contributed by atoms with Crippen LogP contribution in [0.15, 0.2) is 0 Å². The number of unbranched alkanes of at least 4 members (excludes halogenated alkanes) is 1. The summed E-state index contributed by atoms with van der Waals surface area (Å²) in [7, 11) is 0. The third-order valence-corrected chi connectivity index (χ3v) is 2.27. The lowest BCUT2D eigenvalue weighted by Gasteiger charge is -2.14. The number of rotatable bonds is 4. The van der Waals surface area contributed by atoms with E-state index in [2.05, 4.69) is 0 Å². The van der Waals surface area contributed by atoms with E-state index in [0.29, 0.717) is 6.42 Å². The van der Waals surface area contributed by atoms with Gasteiger partial charge in [0.15, 0.2) is 10.1 Å². The van der Waals surface area contributed by atoms with Crippen molar-refractivity contribution in [3.8, 4) is 0 Å². The van der Waals surface area contributed by atoms with Crippen LogP contribution in [0.2, 0.25) is 0 Å². The first-order valence-electron chi connectivity index (χ1n) is 3.39. The minimum absolute atomic E-state index is 0.163. The highest BCUT2D eigenvalue weighted by Crippen LogP contribution is 2.28. The SMILES string of the molecule is CCCCC(Cl)(Cl)C(C)=O. The minimum atomic E-state index is -1.14. The molecule has 0 radical (unpaired) electrons. The number of carbonyl (C=O) groups excluding carboxylic acids is 1. The van der Waals surface area contributed by atoms with Crippen LogP contribution in [0.25, 0.3) is 0 Å². The highest BCUT2D eigenvalue weighted by Gasteiger charge is 2.28. The average Bonchev–Trinajstić information content (AvgIpc) is 1.84. The Morgan fingerprint density at radius 3 is 2.30 bits per heavy atom. The second kappa shape index (κ2) is 4.20. The van der Waals surface area contributed by atoms with E-state index in [0.717, 1.165) is 12.8 Å². The van der Waals surface area contributed by atoms with Gasteiger partial charge in [-0.15, -0.1) is 0 Å². The Hall–Kier alpha value is 0.250. The van der Waals surface area contributed by atoms with Crippen molar-refractivity contribution < 1.29 is 4.79 Å². The Bertz CT molecular complexity index is 121. The normalized spacial score (nSPS) is 11.6. The molecule has 0 aromatic carbocycles. The minimum Gasteiger partial charge on any atom is -0.297 e. The molecule has 1 nitrogen and oxygen atoms in total. The van der Waals surface area contributed by atoms with Gasteiger partial charge in [-0.1, -0.05) is 43.0 Å². The first-order chi connectivity index (χ1) is 4.50. The number of hydrogen-bond donors (Lipinski definition) is 0. The van der Waals surface area contributed by atoms with Crippen molar-refractivity contribution in [3.05, 3.63) is 0 Å². The van der Waals surface area contributed by atoms with Gasteiger partial charge in [0, 0.05) is 0 Å². The molecule has 0 unspecified atom stereocenters. The van der Waals surface area contributed by atoms with Gasteiger partial charge in [-0.05, 0) is 13.3 Å². The molecule has 0 aliphatic rings. The van der Waals surface area contributed by atoms with Crippen LogP contribution in [-0.2, 0) is 4.79 Å². The van der Waals surface area contributed by atoms with Crippen molar-refractivity contribution in [2.24, 2.45) is 0 Å². The highest BCUT2D eigenvalue weighted by atomic mass is 35.5. The summed E-state index contributed by atoms with van der Waals surface area (Å²) in [4.78, 5) is 10.7. The third kappa shape index (κ3) is 3.43. The second-order valence-electron chi connectivity index (χ2n) is 2.36. The van der Waals surface area contributed by atoms with Gasteiger partial charge in [0.05, 0.1) is 0 Å². The summed E-state index contributed by atoms with van der Waals surface area (Å²) in [5.74, 6) is -0.163. The van der Waals surface area contributed by atoms with Crippen LogP contribution in [0, 0.1) is 0 Å². The molecule has 0 heterocycles. The van der Waals surface area contributed by atoms with Gasteiger partial charge in [-0.3, -0.25) is 4.79 Å². The largest absolute Gasteiger partial charge is 0.297 e. The maximum atomic E-state index is 10.7. The van der Waals surface area contributed by atoms with E-state index in [-0.39, 0.29) is 5.78 Å². The van der Waals surface area contributed by atoms with Crippen LogP contribution in [0.5, 0.6) is 0 Å². The van der Waals surface area contributed by atoms with Gasteiger partial charge in [-0.2, -0.15) is 0 Å². The topological polar surface area (TPSA) is 17.1 Å². The standard InChI is InChI=1S/C7H12Cl2O/c1-3-4-5-7(8,9)6(2)10/h3-5H2,1-2H3. The summed E-state index contributed by atoms with van der Waals surface area (Å²) >= 11 is 11.3. The number of alkyl halides is 2. The maximum Gasteiger partial charge on any atom is 0.175 e. The van der Waals surface area contributed by atoms with Crippen LogP contribution in [-0.4, -0.2) is 10.1 Å². The van der Waals surface area contributed by atoms with E-state index in [1.54, 1.807) is 0 Å². The van der Waals surface area contributed by atoms with Gasteiger partial charge >= 0.3 is 0 Å². The molecular formula is C7H12Cl2O. The molecule has 3 heteroatoms. The molecule has 0 saturated heterocycles. The fraction of sp³-hybridized carbons (Fsp3) is 0.857. The fourth-order valence-corrected chi connectivity index (χ4v) is 0.842. The van der Waals surface area contributed by atoms with E-state index in [9.17, 15) is 4.79 Å². The molecule has 0 bridgehead atoms. The predicted octanol–water partition coefficient (Wildman–Crippen LogP) is 2.94. The Labute approximate surface area is 71.7 Å². The number of Topliss-reactive ketones (excluding diaryl/α,β-unsaturated/α-hetero) is 1. The van der Waals surface area contributed by atoms with E-state index in [4.69, 9.17) is 23.2 Å². The Morgan fingerprint density at radius 1 is 1.50 bits per heavy atom. The van der Waals surface area contributed by atoms with E-state index < -0.39 is 4.33 Å². The summed E-state index contributed by atoms with van der Waals surface area (Å²) in [5, 5.41) is 0. The molecule has 0 aromatic heterocycles. The van der Waals surface area contributed by atoms with Gasteiger partial charge in [0.2, 0.25) is 0 Å². The molecule has 0 saturated carbocycles. The molecule has 0 atom stereocenters. The van der Waals surface area contributed by atoms with Crippen LogP contribution in [0.4, 0.5) is 0 Å². The predicted molar refractivity (Wildman–Crippen MR) is 44.6 cm³/mol. The summed E-state index contributed by atoms with van der Waals surface area (Å²) in [6, 6.07) is 0. The quantitative estimate of drug-likeness (QED) is 0.612. The van der Waals surface area contributed by atoms with Gasteiger partial charge in [0.1, 0.15) is 0 Å². The first-order valence-corrected chi connectivity index (χ1v) is 4.15. The van der Waals surface area contributed by atoms with Crippen LogP contribution in [0.3, 0.4) is 0 Å². The lowest BCUT2D eigenvalue weighted by atomic mass is 10.1. The first kappa shape index (κ1) is 10.2. The molecule has 0 fully saturated rings. The summed E-state index contributed by atoms with van der Waals surface area (Å²) in [6.07, 6.45) is 2.46. The average molecular weight is 183 g/mol. The molecule has 0 N–H and O–H groups in total. The van der Waals surface area contributed by atoms with Crippen molar-refractivity contribution in [1.29, 1.82) is 0 Å². The summed E-state index contributed by atoms with van der Waals surface area (Å²) in [5.41, 5.74) is 0. The Morgan fingerprint density at radius 2 is 2.00 bits per heavy atom. The Kier molecular flexibility index (Phi) is 4.30. The molecule has 0 aromatic rings. The van der Waals surface area contributed by atoms with Crippen LogP contribution in [0.1, 0.15) is 33.1 Å². The zero-order valence-electron chi connectivity index (χ0n) is 6.29. The molecule has 60 valence electrons. The molecule has 0 aliphatic heterocycles. The van der Waals surface area contributed by atoms with Crippen LogP contribution < -0.4 is 0 Å². The highest BCUT2D eigenvalue weighted by molar-refractivity contribution is 6.58. The summed E-state index contributed by atoms with van der Waals surface area (Å²) in [6.45, 7) is 3.44. The van der Waals surface area contributed by atoms with E-state index in [1.807, 2.05) is 6.92 Å². The van der Waals surface area contributed by atoms with Crippen molar-refractivity contribution in [2.75, 3.05) is 0 Å². The van der Waals surface area contributed by atoms with Crippen molar-refractivity contribution in [2.45, 2.75) is 37.4 Å². The molecule has 10 heavy (non-hydrogen) atoms. The number of ketones is 1. The molecule has 0 spiro atoms. The van der Waals surface area contributed by atoms with E-state index >= 15 is 0 Å². The fourth-order valence-electron chi connectivity index (χ4n) is 0.575. The van der Waals surface area contributed by atoms with Crippen LogP contribution >= 0.6 is 23.2 Å². The van der Waals surface area contributed by atoms with Gasteiger partial charge < -0.3 is 0 Å². The van der Waals surface area contributed by atoms with E-state index in [1.165, 1.54) is 6.92 Å². The molecular weight excluding hydrogens is 171 g/mol. The zero-order valence-corrected chi connectivity index (χ0v) is 7.80. The number of carbonyl (C=O) groups is 1. The molecule has 0 amide bonds.